The summed E-state index contributed by atoms with van der Waals surface area (Å²) in [6.45, 7) is 1.86. The van der Waals surface area contributed by atoms with Crippen LogP contribution in [0.4, 0.5) is 9.18 Å². The Bertz CT molecular complexity index is 384. The van der Waals surface area contributed by atoms with Crippen LogP contribution in [0.15, 0.2) is 22.7 Å². The summed E-state index contributed by atoms with van der Waals surface area (Å²) in [5.41, 5.74) is 0.517. The monoisotopic (exact) mass is 289 g/mol. The molecule has 88 valence electrons. The smallest absolute Gasteiger partial charge is 0.404 e. The Kier molecular flexibility index (Phi) is 4.73. The molecular weight excluding hydrogens is 277 g/mol. The molecule has 5 heteroatoms. The zero-order valence-electron chi connectivity index (χ0n) is 8.84. The maximum absolute atomic E-state index is 13.5. The molecule has 3 nitrogen and oxygen atoms in total. The van der Waals surface area contributed by atoms with Gasteiger partial charge in [-0.15, -0.1) is 0 Å². The van der Waals surface area contributed by atoms with Crippen molar-refractivity contribution in [1.29, 1.82) is 0 Å². The molecule has 0 aliphatic heterocycles. The number of carboxylic acid groups (broad SMARTS) is 1. The maximum Gasteiger partial charge on any atom is 0.404 e. The van der Waals surface area contributed by atoms with E-state index in [1.165, 1.54) is 6.07 Å². The third-order valence-corrected chi connectivity index (χ3v) is 2.80. The molecule has 0 heterocycles. The highest BCUT2D eigenvalue weighted by Gasteiger charge is 2.12. The van der Waals surface area contributed by atoms with E-state index in [1.807, 2.05) is 6.92 Å². The largest absolute Gasteiger partial charge is 0.465 e. The van der Waals surface area contributed by atoms with Crippen molar-refractivity contribution >= 4 is 22.0 Å². The van der Waals surface area contributed by atoms with Gasteiger partial charge in [-0.05, 0) is 30.5 Å². The summed E-state index contributed by atoms with van der Waals surface area (Å²) >= 11 is 3.17. The van der Waals surface area contributed by atoms with Gasteiger partial charge in [0, 0.05) is 10.5 Å². The Morgan fingerprint density at radius 1 is 1.62 bits per heavy atom. The summed E-state index contributed by atoms with van der Waals surface area (Å²) in [7, 11) is 0. The van der Waals surface area contributed by atoms with Crippen LogP contribution in [-0.4, -0.2) is 17.2 Å². The third kappa shape index (κ3) is 3.81. The van der Waals surface area contributed by atoms with Crippen molar-refractivity contribution in [1.82, 2.24) is 5.32 Å². The van der Waals surface area contributed by atoms with E-state index in [9.17, 15) is 9.18 Å². The minimum absolute atomic E-state index is 0.256. The second-order valence-electron chi connectivity index (χ2n) is 3.49. The lowest BCUT2D eigenvalue weighted by Gasteiger charge is -2.15. The quantitative estimate of drug-likeness (QED) is 0.894. The van der Waals surface area contributed by atoms with Crippen LogP contribution in [0.25, 0.3) is 0 Å². The number of hydrogen-bond acceptors (Lipinski definition) is 1. The van der Waals surface area contributed by atoms with E-state index >= 15 is 0 Å². The molecule has 1 atom stereocenters. The van der Waals surface area contributed by atoms with Crippen LogP contribution in [0.3, 0.4) is 0 Å². The van der Waals surface area contributed by atoms with Crippen molar-refractivity contribution < 1.29 is 14.3 Å². The van der Waals surface area contributed by atoms with Gasteiger partial charge in [-0.3, -0.25) is 0 Å². The molecule has 1 rings (SSSR count). The summed E-state index contributed by atoms with van der Waals surface area (Å²) in [5, 5.41) is 11.0. The van der Waals surface area contributed by atoms with Crippen LogP contribution in [0.5, 0.6) is 0 Å². The Hall–Kier alpha value is -1.10. The Morgan fingerprint density at radius 2 is 2.31 bits per heavy atom. The normalized spacial score (nSPS) is 12.2. The summed E-state index contributed by atoms with van der Waals surface area (Å²) in [4.78, 5) is 10.5. The molecule has 1 aromatic rings. The molecule has 0 aliphatic rings. The molecule has 1 aromatic carbocycles. The zero-order valence-corrected chi connectivity index (χ0v) is 10.4. The molecule has 0 spiro atoms. The van der Waals surface area contributed by atoms with E-state index in [0.29, 0.717) is 22.9 Å². The summed E-state index contributed by atoms with van der Waals surface area (Å²) in [6.07, 6.45) is -0.0895. The lowest BCUT2D eigenvalue weighted by molar-refractivity contribution is 0.189. The standard InChI is InChI=1S/C11H13BrFNO2/c1-2-9(14-11(15)16)5-7-3-4-8(12)6-10(7)13/h3-4,6,9,14H,2,5H2,1H3,(H,15,16). The van der Waals surface area contributed by atoms with Crippen molar-refractivity contribution in [2.75, 3.05) is 0 Å². The first-order valence-electron chi connectivity index (χ1n) is 4.96. The summed E-state index contributed by atoms with van der Waals surface area (Å²) in [6, 6.07) is 4.52. The predicted molar refractivity (Wildman–Crippen MR) is 63.0 cm³/mol. The van der Waals surface area contributed by atoms with Gasteiger partial charge < -0.3 is 10.4 Å². The molecule has 0 fully saturated rings. The van der Waals surface area contributed by atoms with Crippen molar-refractivity contribution in [2.45, 2.75) is 25.8 Å². The van der Waals surface area contributed by atoms with E-state index in [2.05, 4.69) is 21.2 Å². The number of nitrogens with one attached hydrogen (secondary N) is 1. The molecule has 2 N–H and O–H groups in total. The Labute approximate surface area is 102 Å². The van der Waals surface area contributed by atoms with E-state index in [1.54, 1.807) is 12.1 Å². The van der Waals surface area contributed by atoms with Crippen LogP contribution < -0.4 is 5.32 Å². The first kappa shape index (κ1) is 13.0. The van der Waals surface area contributed by atoms with E-state index in [4.69, 9.17) is 5.11 Å². The molecule has 0 saturated carbocycles. The first-order chi connectivity index (χ1) is 7.52. The number of amides is 1. The molecule has 0 bridgehead atoms. The first-order valence-corrected chi connectivity index (χ1v) is 5.75. The van der Waals surface area contributed by atoms with Crippen molar-refractivity contribution in [3.63, 3.8) is 0 Å². The highest BCUT2D eigenvalue weighted by atomic mass is 79.9. The molecular formula is C11H13BrFNO2. The second-order valence-corrected chi connectivity index (χ2v) is 4.41. The summed E-state index contributed by atoms with van der Waals surface area (Å²) < 4.78 is 14.2. The average molecular weight is 290 g/mol. The number of hydrogen-bond donors (Lipinski definition) is 2. The predicted octanol–water partition coefficient (Wildman–Crippen LogP) is 3.18. The fraction of sp³-hybridized carbons (Fsp3) is 0.364. The fourth-order valence-electron chi connectivity index (χ4n) is 1.42. The minimum atomic E-state index is -1.08. The Morgan fingerprint density at radius 3 is 2.81 bits per heavy atom. The van der Waals surface area contributed by atoms with Crippen LogP contribution >= 0.6 is 15.9 Å². The number of halogens is 2. The van der Waals surface area contributed by atoms with E-state index in [0.717, 1.165) is 0 Å². The van der Waals surface area contributed by atoms with Gasteiger partial charge in [-0.1, -0.05) is 28.9 Å². The lowest BCUT2D eigenvalue weighted by atomic mass is 10.0. The van der Waals surface area contributed by atoms with Gasteiger partial charge in [-0.2, -0.15) is 0 Å². The topological polar surface area (TPSA) is 49.3 Å². The van der Waals surface area contributed by atoms with Gasteiger partial charge in [0.2, 0.25) is 0 Å². The zero-order chi connectivity index (χ0) is 12.1. The summed E-state index contributed by atoms with van der Waals surface area (Å²) in [5.74, 6) is -0.319. The molecule has 0 saturated heterocycles. The molecule has 1 unspecified atom stereocenters. The highest BCUT2D eigenvalue weighted by Crippen LogP contribution is 2.17. The average Bonchev–Trinajstić information content (AvgIpc) is 2.20. The van der Waals surface area contributed by atoms with Gasteiger partial charge in [0.05, 0.1) is 0 Å². The van der Waals surface area contributed by atoms with E-state index in [-0.39, 0.29) is 11.9 Å². The Balaban J connectivity index is 2.73. The fourth-order valence-corrected chi connectivity index (χ4v) is 1.76. The highest BCUT2D eigenvalue weighted by molar-refractivity contribution is 9.10. The molecule has 1 amide bonds. The van der Waals surface area contributed by atoms with Gasteiger partial charge in [-0.25, -0.2) is 9.18 Å². The number of carbonyl (C=O) groups is 1. The lowest BCUT2D eigenvalue weighted by Crippen LogP contribution is -2.34. The third-order valence-electron chi connectivity index (χ3n) is 2.30. The molecule has 0 aromatic heterocycles. The van der Waals surface area contributed by atoms with Crippen LogP contribution in [0.1, 0.15) is 18.9 Å². The maximum atomic E-state index is 13.5. The SMILES string of the molecule is CCC(Cc1ccc(Br)cc1F)NC(=O)O. The van der Waals surface area contributed by atoms with Gasteiger partial charge in [0.25, 0.3) is 0 Å². The van der Waals surface area contributed by atoms with Crippen LogP contribution in [0.2, 0.25) is 0 Å². The van der Waals surface area contributed by atoms with Gasteiger partial charge in [0.1, 0.15) is 5.82 Å². The molecule has 16 heavy (non-hydrogen) atoms. The van der Waals surface area contributed by atoms with Gasteiger partial charge >= 0.3 is 6.09 Å². The molecule has 0 radical (unpaired) electrons. The van der Waals surface area contributed by atoms with Crippen molar-refractivity contribution in [2.24, 2.45) is 0 Å². The number of rotatable bonds is 4. The van der Waals surface area contributed by atoms with Crippen molar-refractivity contribution in [3.8, 4) is 0 Å². The second kappa shape index (κ2) is 5.84. The minimum Gasteiger partial charge on any atom is -0.465 e. The van der Waals surface area contributed by atoms with Gasteiger partial charge in [0.15, 0.2) is 0 Å². The number of benzene rings is 1. The van der Waals surface area contributed by atoms with E-state index < -0.39 is 6.09 Å². The molecule has 0 aliphatic carbocycles. The van der Waals surface area contributed by atoms with Crippen molar-refractivity contribution in [3.05, 3.63) is 34.1 Å². The van der Waals surface area contributed by atoms with Crippen LogP contribution in [-0.2, 0) is 6.42 Å². The van der Waals surface area contributed by atoms with Crippen LogP contribution in [0, 0.1) is 5.82 Å².